The molecule has 118 valence electrons. The van der Waals surface area contributed by atoms with Crippen molar-refractivity contribution < 1.29 is 4.79 Å². The number of hydrogen-bond donors (Lipinski definition) is 2. The highest BCUT2D eigenvalue weighted by Crippen LogP contribution is 2.21. The zero-order chi connectivity index (χ0) is 15.4. The maximum atomic E-state index is 11.1. The first kappa shape index (κ1) is 16.6. The van der Waals surface area contributed by atoms with E-state index in [0.717, 1.165) is 16.5 Å². The Balaban J connectivity index is 0.00000192. The van der Waals surface area contributed by atoms with Crippen molar-refractivity contribution in [1.82, 2.24) is 15.0 Å². The second-order valence-corrected chi connectivity index (χ2v) is 4.90. The van der Waals surface area contributed by atoms with Crippen LogP contribution < -0.4 is 11.1 Å². The smallest absolute Gasteiger partial charge is 0.223 e. The quantitative estimate of drug-likeness (QED) is 0.747. The van der Waals surface area contributed by atoms with Gasteiger partial charge in [-0.1, -0.05) is 12.1 Å². The van der Waals surface area contributed by atoms with Gasteiger partial charge in [0.15, 0.2) is 5.82 Å². The molecule has 0 atom stereocenters. The summed E-state index contributed by atoms with van der Waals surface area (Å²) >= 11 is 0. The van der Waals surface area contributed by atoms with Gasteiger partial charge in [-0.15, -0.1) is 12.4 Å². The van der Waals surface area contributed by atoms with Crippen molar-refractivity contribution in [3.8, 4) is 0 Å². The fourth-order valence-electron chi connectivity index (χ4n) is 2.22. The second-order valence-electron chi connectivity index (χ2n) is 4.90. The van der Waals surface area contributed by atoms with Crippen LogP contribution in [0, 0.1) is 0 Å². The van der Waals surface area contributed by atoms with E-state index in [-0.39, 0.29) is 18.8 Å². The first-order chi connectivity index (χ1) is 10.7. The van der Waals surface area contributed by atoms with Gasteiger partial charge in [-0.25, -0.2) is 4.98 Å². The monoisotopic (exact) mass is 329 g/mol. The van der Waals surface area contributed by atoms with E-state index in [2.05, 4.69) is 20.3 Å². The third-order valence-electron chi connectivity index (χ3n) is 3.18. The summed E-state index contributed by atoms with van der Waals surface area (Å²) in [5.41, 5.74) is 7.69. The number of carbonyl (C=O) groups excluding carboxylic acids is 1. The van der Waals surface area contributed by atoms with Crippen LogP contribution in [0.15, 0.2) is 48.9 Å². The van der Waals surface area contributed by atoms with Crippen molar-refractivity contribution in [1.29, 1.82) is 0 Å². The van der Waals surface area contributed by atoms with E-state index < -0.39 is 5.91 Å². The van der Waals surface area contributed by atoms with Gasteiger partial charge in [-0.2, -0.15) is 0 Å². The molecule has 7 heteroatoms. The number of pyridine rings is 3. The van der Waals surface area contributed by atoms with Crippen LogP contribution >= 0.6 is 12.4 Å². The summed E-state index contributed by atoms with van der Waals surface area (Å²) in [6.45, 7) is 0.576. The van der Waals surface area contributed by atoms with Crippen molar-refractivity contribution in [3.63, 3.8) is 0 Å². The molecule has 0 unspecified atom stereocenters. The highest BCUT2D eigenvalue weighted by molar-refractivity contribution is 5.89. The number of fused-ring (bicyclic) bond motifs is 1. The number of carbonyl (C=O) groups is 1. The van der Waals surface area contributed by atoms with Gasteiger partial charge in [0.2, 0.25) is 5.91 Å². The zero-order valence-corrected chi connectivity index (χ0v) is 13.1. The largest absolute Gasteiger partial charge is 0.369 e. The number of rotatable bonds is 5. The molecule has 0 fully saturated rings. The minimum atomic E-state index is -0.408. The summed E-state index contributed by atoms with van der Waals surface area (Å²) in [7, 11) is 0. The molecule has 0 bridgehead atoms. The average Bonchev–Trinajstić information content (AvgIpc) is 2.53. The highest BCUT2D eigenvalue weighted by Gasteiger charge is 2.09. The van der Waals surface area contributed by atoms with Crippen LogP contribution in [0.1, 0.15) is 11.3 Å². The van der Waals surface area contributed by atoms with E-state index in [1.165, 1.54) is 0 Å². The Hall–Kier alpha value is -2.73. The molecule has 3 rings (SSSR count). The molecule has 3 heterocycles. The number of nitrogens with two attached hydrogens (primary N) is 1. The van der Waals surface area contributed by atoms with Gasteiger partial charge in [-0.05, 0) is 23.8 Å². The van der Waals surface area contributed by atoms with Gasteiger partial charge in [0.1, 0.15) is 5.52 Å². The van der Waals surface area contributed by atoms with Crippen LogP contribution in [0.25, 0.3) is 10.9 Å². The Morgan fingerprint density at radius 2 is 2.04 bits per heavy atom. The van der Waals surface area contributed by atoms with E-state index in [0.29, 0.717) is 18.1 Å². The number of amides is 1. The SMILES string of the molecule is Cl.NC(=O)Cc1cc2cccnc2c(NCc2cccnc2)n1. The fourth-order valence-corrected chi connectivity index (χ4v) is 2.22. The summed E-state index contributed by atoms with van der Waals surface area (Å²) in [6.07, 6.45) is 5.33. The summed E-state index contributed by atoms with van der Waals surface area (Å²) in [6, 6.07) is 9.47. The minimum absolute atomic E-state index is 0. The Morgan fingerprint density at radius 3 is 2.78 bits per heavy atom. The molecule has 23 heavy (non-hydrogen) atoms. The maximum Gasteiger partial charge on any atom is 0.223 e. The number of halogens is 1. The molecular weight excluding hydrogens is 314 g/mol. The first-order valence-corrected chi connectivity index (χ1v) is 6.88. The predicted octanol–water partition coefficient (Wildman–Crippen LogP) is 2.09. The topological polar surface area (TPSA) is 93.8 Å². The van der Waals surface area contributed by atoms with E-state index in [1.807, 2.05) is 30.3 Å². The van der Waals surface area contributed by atoms with E-state index in [9.17, 15) is 4.79 Å². The third kappa shape index (κ3) is 4.14. The number of anilines is 1. The van der Waals surface area contributed by atoms with Gasteiger partial charge >= 0.3 is 0 Å². The van der Waals surface area contributed by atoms with Gasteiger partial charge in [-0.3, -0.25) is 14.8 Å². The first-order valence-electron chi connectivity index (χ1n) is 6.88. The number of aromatic nitrogens is 3. The van der Waals surface area contributed by atoms with Crippen molar-refractivity contribution in [2.75, 3.05) is 5.32 Å². The summed E-state index contributed by atoms with van der Waals surface area (Å²) in [5.74, 6) is 0.229. The highest BCUT2D eigenvalue weighted by atomic mass is 35.5. The molecule has 6 nitrogen and oxygen atoms in total. The zero-order valence-electron chi connectivity index (χ0n) is 12.3. The lowest BCUT2D eigenvalue weighted by atomic mass is 10.2. The van der Waals surface area contributed by atoms with Gasteiger partial charge < -0.3 is 11.1 Å². The fraction of sp³-hybridized carbons (Fsp3) is 0.125. The Morgan fingerprint density at radius 1 is 1.22 bits per heavy atom. The Kier molecular flexibility index (Phi) is 5.43. The second kappa shape index (κ2) is 7.51. The molecule has 0 aliphatic carbocycles. The van der Waals surface area contributed by atoms with Crippen molar-refractivity contribution in [2.24, 2.45) is 5.73 Å². The average molecular weight is 330 g/mol. The molecule has 0 saturated heterocycles. The standard InChI is InChI=1S/C16H15N5O.ClH/c17-14(22)8-13-7-12-4-2-6-19-15(12)16(21-13)20-10-11-3-1-5-18-9-11;/h1-7,9H,8,10H2,(H2,17,22)(H,20,21);1H. The van der Waals surface area contributed by atoms with Crippen molar-refractivity contribution >= 4 is 35.0 Å². The molecule has 0 aromatic carbocycles. The molecule has 0 aliphatic heterocycles. The van der Waals surface area contributed by atoms with E-state index in [1.54, 1.807) is 18.6 Å². The number of nitrogens with zero attached hydrogens (tertiary/aromatic N) is 3. The van der Waals surface area contributed by atoms with Crippen LogP contribution in [-0.4, -0.2) is 20.9 Å². The van der Waals surface area contributed by atoms with Crippen LogP contribution in [0.2, 0.25) is 0 Å². The van der Waals surface area contributed by atoms with Gasteiger partial charge in [0, 0.05) is 30.5 Å². The van der Waals surface area contributed by atoms with Crippen LogP contribution in [0.5, 0.6) is 0 Å². The normalized spacial score (nSPS) is 10.1. The van der Waals surface area contributed by atoms with Gasteiger partial charge in [0.05, 0.1) is 12.1 Å². The summed E-state index contributed by atoms with van der Waals surface area (Å²) in [5, 5.41) is 4.17. The van der Waals surface area contributed by atoms with E-state index >= 15 is 0 Å². The summed E-state index contributed by atoms with van der Waals surface area (Å²) in [4.78, 5) is 24.0. The molecule has 0 aliphatic rings. The molecule has 0 radical (unpaired) electrons. The third-order valence-corrected chi connectivity index (χ3v) is 3.18. The Labute approximate surface area is 139 Å². The molecular formula is C16H16ClN5O. The summed E-state index contributed by atoms with van der Waals surface area (Å²) < 4.78 is 0. The van der Waals surface area contributed by atoms with Crippen LogP contribution in [0.3, 0.4) is 0 Å². The van der Waals surface area contributed by atoms with Crippen LogP contribution in [0.4, 0.5) is 5.82 Å². The molecule has 3 aromatic heterocycles. The maximum absolute atomic E-state index is 11.1. The lowest BCUT2D eigenvalue weighted by Gasteiger charge is -2.10. The van der Waals surface area contributed by atoms with Crippen molar-refractivity contribution in [3.05, 3.63) is 60.2 Å². The van der Waals surface area contributed by atoms with E-state index in [4.69, 9.17) is 5.73 Å². The minimum Gasteiger partial charge on any atom is -0.369 e. The molecule has 3 aromatic rings. The number of hydrogen-bond acceptors (Lipinski definition) is 5. The van der Waals surface area contributed by atoms with Crippen LogP contribution in [-0.2, 0) is 17.8 Å². The van der Waals surface area contributed by atoms with Crippen molar-refractivity contribution in [2.45, 2.75) is 13.0 Å². The molecule has 1 amide bonds. The molecule has 0 saturated carbocycles. The molecule has 0 spiro atoms. The molecule has 3 N–H and O–H groups in total. The lowest BCUT2D eigenvalue weighted by Crippen LogP contribution is -2.15. The van der Waals surface area contributed by atoms with Gasteiger partial charge in [0.25, 0.3) is 0 Å². The number of primary amides is 1. The predicted molar refractivity (Wildman–Crippen MR) is 91.2 cm³/mol. The Bertz CT molecular complexity index is 810. The lowest BCUT2D eigenvalue weighted by molar-refractivity contribution is -0.117. The number of nitrogens with one attached hydrogen (secondary N) is 1.